The monoisotopic (exact) mass is 209 g/mol. The minimum absolute atomic E-state index is 0.482. The van der Waals surface area contributed by atoms with Crippen LogP contribution in [0.4, 0.5) is 0 Å². The number of hydrogen-bond acceptors (Lipinski definition) is 4. The molecule has 0 aromatic carbocycles. The minimum atomic E-state index is -0.612. The maximum Gasteiger partial charge on any atom is 0.218 e. The summed E-state index contributed by atoms with van der Waals surface area (Å²) in [6.45, 7) is 4.17. The second-order valence-corrected chi connectivity index (χ2v) is 3.10. The molecule has 1 aromatic heterocycles. The molecule has 0 bridgehead atoms. The summed E-state index contributed by atoms with van der Waals surface area (Å²) >= 11 is 0. The lowest BCUT2D eigenvalue weighted by Gasteiger charge is -2.10. The third-order valence-corrected chi connectivity index (χ3v) is 2.12. The highest BCUT2D eigenvalue weighted by molar-refractivity contribution is 5.36. The van der Waals surface area contributed by atoms with Crippen LogP contribution in [0.3, 0.4) is 0 Å². The summed E-state index contributed by atoms with van der Waals surface area (Å²) in [7, 11) is 3.33. The lowest BCUT2D eigenvalue weighted by atomic mass is 10.1. The largest absolute Gasteiger partial charge is 0.481 e. The Morgan fingerprint density at radius 3 is 2.73 bits per heavy atom. The first-order chi connectivity index (χ1) is 7.15. The second-order valence-electron chi connectivity index (χ2n) is 3.10. The van der Waals surface area contributed by atoms with Crippen molar-refractivity contribution in [1.29, 1.82) is 5.26 Å². The van der Waals surface area contributed by atoms with E-state index in [9.17, 15) is 0 Å². The normalized spacial score (nSPS) is 12.2. The smallest absolute Gasteiger partial charge is 0.218 e. The van der Waals surface area contributed by atoms with E-state index in [0.29, 0.717) is 18.1 Å². The summed E-state index contributed by atoms with van der Waals surface area (Å²) in [6, 6.07) is 2.09. The Hall–Kier alpha value is -1.54. The van der Waals surface area contributed by atoms with Crippen molar-refractivity contribution < 1.29 is 9.47 Å². The van der Waals surface area contributed by atoms with Crippen LogP contribution in [-0.2, 0) is 11.8 Å². The lowest BCUT2D eigenvalue weighted by Crippen LogP contribution is -2.04. The predicted octanol–water partition coefficient (Wildman–Crippen LogP) is 1.34. The highest BCUT2D eigenvalue weighted by Gasteiger charge is 2.23. The molecule has 1 heterocycles. The van der Waals surface area contributed by atoms with E-state index >= 15 is 0 Å². The fourth-order valence-corrected chi connectivity index (χ4v) is 1.55. The molecule has 0 N–H and O–H groups in total. The summed E-state index contributed by atoms with van der Waals surface area (Å²) < 4.78 is 12.1. The predicted molar refractivity (Wildman–Crippen MR) is 54.5 cm³/mol. The molecule has 0 amide bonds. The van der Waals surface area contributed by atoms with Gasteiger partial charge in [-0.25, -0.2) is 4.68 Å². The van der Waals surface area contributed by atoms with E-state index < -0.39 is 6.10 Å². The zero-order chi connectivity index (χ0) is 11.4. The van der Waals surface area contributed by atoms with Gasteiger partial charge in [0, 0.05) is 13.7 Å². The molecule has 0 saturated carbocycles. The average Bonchev–Trinajstić information content (AvgIpc) is 2.49. The van der Waals surface area contributed by atoms with Crippen molar-refractivity contribution in [3.05, 3.63) is 11.3 Å². The van der Waals surface area contributed by atoms with Gasteiger partial charge in [0.15, 0.2) is 6.10 Å². The molecule has 1 unspecified atom stereocenters. The van der Waals surface area contributed by atoms with Crippen molar-refractivity contribution >= 4 is 0 Å². The molecule has 0 aliphatic heterocycles. The second kappa shape index (κ2) is 4.80. The maximum absolute atomic E-state index is 9.00. The number of nitrogens with zero attached hydrogens (tertiary/aromatic N) is 3. The molecule has 0 aliphatic carbocycles. The highest BCUT2D eigenvalue weighted by atomic mass is 16.5. The van der Waals surface area contributed by atoms with Gasteiger partial charge in [0.05, 0.1) is 24.4 Å². The average molecular weight is 209 g/mol. The van der Waals surface area contributed by atoms with Gasteiger partial charge in [0.1, 0.15) is 0 Å². The minimum Gasteiger partial charge on any atom is -0.481 e. The van der Waals surface area contributed by atoms with Crippen molar-refractivity contribution in [1.82, 2.24) is 9.78 Å². The summed E-state index contributed by atoms with van der Waals surface area (Å²) in [6.07, 6.45) is -0.612. The molecule has 5 heteroatoms. The van der Waals surface area contributed by atoms with Gasteiger partial charge in [-0.05, 0) is 13.8 Å². The van der Waals surface area contributed by atoms with Gasteiger partial charge in [0.25, 0.3) is 0 Å². The van der Waals surface area contributed by atoms with E-state index in [-0.39, 0.29) is 0 Å². The van der Waals surface area contributed by atoms with Gasteiger partial charge in [0.2, 0.25) is 5.88 Å². The zero-order valence-electron chi connectivity index (χ0n) is 9.44. The zero-order valence-corrected chi connectivity index (χ0v) is 9.44. The molecule has 82 valence electrons. The van der Waals surface area contributed by atoms with E-state index in [1.807, 2.05) is 13.8 Å². The van der Waals surface area contributed by atoms with Crippen molar-refractivity contribution in [3.63, 3.8) is 0 Å². The SMILES string of the molecule is CCOC(C#N)c1c(C)nn(C)c1OC. The van der Waals surface area contributed by atoms with Crippen LogP contribution in [0.25, 0.3) is 0 Å². The Labute approximate surface area is 89.2 Å². The van der Waals surface area contributed by atoms with Crippen molar-refractivity contribution in [2.24, 2.45) is 7.05 Å². The standard InChI is InChI=1S/C10H15N3O2/c1-5-15-8(6-11)9-7(2)12-13(3)10(9)14-4/h8H,5H2,1-4H3. The molecule has 1 rings (SSSR count). The molecule has 0 fully saturated rings. The first kappa shape index (κ1) is 11.5. The molecule has 0 radical (unpaired) electrons. The lowest BCUT2D eigenvalue weighted by molar-refractivity contribution is 0.0993. The number of hydrogen-bond donors (Lipinski definition) is 0. The van der Waals surface area contributed by atoms with Crippen molar-refractivity contribution in [3.8, 4) is 11.9 Å². The molecular formula is C10H15N3O2. The van der Waals surface area contributed by atoms with Gasteiger partial charge in [-0.2, -0.15) is 10.4 Å². The van der Waals surface area contributed by atoms with Crippen molar-refractivity contribution in [2.75, 3.05) is 13.7 Å². The molecule has 0 aliphatic rings. The van der Waals surface area contributed by atoms with Crippen LogP contribution in [0.15, 0.2) is 0 Å². The van der Waals surface area contributed by atoms with Crippen molar-refractivity contribution in [2.45, 2.75) is 20.0 Å². The Morgan fingerprint density at radius 2 is 2.27 bits per heavy atom. The summed E-state index contributed by atoms with van der Waals surface area (Å²) in [5.41, 5.74) is 1.47. The van der Waals surface area contributed by atoms with Gasteiger partial charge in [-0.1, -0.05) is 0 Å². The summed E-state index contributed by atoms with van der Waals surface area (Å²) in [5, 5.41) is 13.2. The van der Waals surface area contributed by atoms with E-state index in [2.05, 4.69) is 11.2 Å². The molecule has 0 spiro atoms. The Balaban J connectivity index is 3.16. The van der Waals surface area contributed by atoms with Crippen LogP contribution in [0.1, 0.15) is 24.3 Å². The molecule has 15 heavy (non-hydrogen) atoms. The van der Waals surface area contributed by atoms with E-state index in [1.54, 1.807) is 18.8 Å². The summed E-state index contributed by atoms with van der Waals surface area (Å²) in [4.78, 5) is 0. The number of rotatable bonds is 4. The van der Waals surface area contributed by atoms with Crippen LogP contribution >= 0.6 is 0 Å². The molecule has 5 nitrogen and oxygen atoms in total. The Morgan fingerprint density at radius 1 is 1.60 bits per heavy atom. The van der Waals surface area contributed by atoms with Crippen LogP contribution < -0.4 is 4.74 Å². The van der Waals surface area contributed by atoms with Gasteiger partial charge in [-0.15, -0.1) is 0 Å². The van der Waals surface area contributed by atoms with E-state index in [4.69, 9.17) is 14.7 Å². The molecule has 0 saturated heterocycles. The highest BCUT2D eigenvalue weighted by Crippen LogP contribution is 2.29. The third-order valence-electron chi connectivity index (χ3n) is 2.12. The number of methoxy groups -OCH3 is 1. The fraction of sp³-hybridized carbons (Fsp3) is 0.600. The van der Waals surface area contributed by atoms with E-state index in [0.717, 1.165) is 5.69 Å². The first-order valence-corrected chi connectivity index (χ1v) is 4.74. The van der Waals surface area contributed by atoms with Crippen LogP contribution in [0.2, 0.25) is 0 Å². The van der Waals surface area contributed by atoms with Crippen LogP contribution in [0.5, 0.6) is 5.88 Å². The summed E-state index contributed by atoms with van der Waals surface area (Å²) in [5.74, 6) is 0.576. The van der Waals surface area contributed by atoms with Gasteiger partial charge >= 0.3 is 0 Å². The molecule has 1 atom stereocenters. The third kappa shape index (κ3) is 2.10. The van der Waals surface area contributed by atoms with Crippen LogP contribution in [-0.4, -0.2) is 23.5 Å². The number of ether oxygens (including phenoxy) is 2. The molecule has 1 aromatic rings. The van der Waals surface area contributed by atoms with E-state index in [1.165, 1.54) is 0 Å². The van der Waals surface area contributed by atoms with Gasteiger partial charge in [-0.3, -0.25) is 0 Å². The van der Waals surface area contributed by atoms with Crippen LogP contribution in [0, 0.1) is 18.3 Å². The molecular weight excluding hydrogens is 194 g/mol. The Kier molecular flexibility index (Phi) is 3.69. The Bertz CT molecular complexity index is 379. The van der Waals surface area contributed by atoms with Gasteiger partial charge < -0.3 is 9.47 Å². The fourth-order valence-electron chi connectivity index (χ4n) is 1.55. The quantitative estimate of drug-likeness (QED) is 0.750. The maximum atomic E-state index is 9.00. The number of aryl methyl sites for hydroxylation is 2. The number of aromatic nitrogens is 2. The topological polar surface area (TPSA) is 60.1 Å². The number of nitriles is 1. The first-order valence-electron chi connectivity index (χ1n) is 4.74.